The Hall–Kier alpha value is -0.570. The number of carbonyl (C=O) groups is 1. The van der Waals surface area contributed by atoms with Gasteiger partial charge < -0.3 is 9.84 Å². The summed E-state index contributed by atoms with van der Waals surface area (Å²) in [6, 6.07) is 0. The number of ether oxygens (including phenoxy) is 1. The van der Waals surface area contributed by atoms with Crippen molar-refractivity contribution >= 4 is 5.97 Å². The summed E-state index contributed by atoms with van der Waals surface area (Å²) in [4.78, 5) is 10.3. The van der Waals surface area contributed by atoms with Crippen LogP contribution in [0.5, 0.6) is 0 Å². The summed E-state index contributed by atoms with van der Waals surface area (Å²) >= 11 is 0. The van der Waals surface area contributed by atoms with Gasteiger partial charge in [0.2, 0.25) is 0 Å². The minimum absolute atomic E-state index is 0.0130. The minimum Gasteiger partial charge on any atom is -0.479 e. The number of aliphatic carboxylic acids is 1. The van der Waals surface area contributed by atoms with Crippen molar-refractivity contribution in [3.8, 4) is 0 Å². The predicted molar refractivity (Wildman–Crippen MR) is 40.4 cm³/mol. The first-order chi connectivity index (χ1) is 5.25. The normalized spacial score (nSPS) is 28.5. The third-order valence-corrected chi connectivity index (χ3v) is 1.92. The monoisotopic (exact) mass is 158 g/mol. The second-order valence-corrected chi connectivity index (χ2v) is 2.93. The van der Waals surface area contributed by atoms with Crippen molar-refractivity contribution in [1.82, 2.24) is 0 Å². The van der Waals surface area contributed by atoms with Crippen LogP contribution in [0.3, 0.4) is 0 Å². The smallest absolute Gasteiger partial charge is 0.335 e. The number of carboxylic acid groups (broad SMARTS) is 1. The van der Waals surface area contributed by atoms with Gasteiger partial charge in [0, 0.05) is 0 Å². The maximum Gasteiger partial charge on any atom is 0.335 e. The number of hydrogen-bond donors (Lipinski definition) is 1. The molecule has 0 aromatic heterocycles. The molecule has 0 aromatic carbocycles. The van der Waals surface area contributed by atoms with Crippen LogP contribution in [0.4, 0.5) is 0 Å². The number of rotatable bonds is 5. The molecule has 1 N–H and O–H groups in total. The van der Waals surface area contributed by atoms with E-state index in [1.807, 2.05) is 0 Å². The minimum atomic E-state index is -0.813. The van der Waals surface area contributed by atoms with E-state index < -0.39 is 12.1 Å². The van der Waals surface area contributed by atoms with E-state index >= 15 is 0 Å². The summed E-state index contributed by atoms with van der Waals surface area (Å²) in [6.45, 7) is 2.13. The molecular formula is C8H14O3. The van der Waals surface area contributed by atoms with Crippen LogP contribution in [0, 0.1) is 0 Å². The van der Waals surface area contributed by atoms with E-state index in [1.54, 1.807) is 0 Å². The summed E-state index contributed by atoms with van der Waals surface area (Å²) in [6.07, 6.45) is 3.86. The van der Waals surface area contributed by atoms with Crippen LogP contribution in [0.2, 0.25) is 0 Å². The lowest BCUT2D eigenvalue weighted by atomic mass is 10.1. The van der Waals surface area contributed by atoms with Crippen LogP contribution in [-0.2, 0) is 9.53 Å². The Morgan fingerprint density at radius 2 is 2.27 bits per heavy atom. The summed E-state index contributed by atoms with van der Waals surface area (Å²) in [5.74, 6) is -0.813. The summed E-state index contributed by atoms with van der Waals surface area (Å²) in [7, 11) is 0. The molecule has 64 valence electrons. The highest BCUT2D eigenvalue weighted by Gasteiger charge is 2.44. The van der Waals surface area contributed by atoms with Gasteiger partial charge in [-0.3, -0.25) is 0 Å². The Balaban J connectivity index is 2.00. The molecule has 0 bridgehead atoms. The Morgan fingerprint density at radius 1 is 1.55 bits per heavy atom. The van der Waals surface area contributed by atoms with E-state index in [4.69, 9.17) is 9.84 Å². The number of carboxylic acids is 1. The second kappa shape index (κ2) is 3.72. The topological polar surface area (TPSA) is 49.8 Å². The fraction of sp³-hybridized carbons (Fsp3) is 0.875. The molecule has 1 heterocycles. The van der Waals surface area contributed by atoms with Gasteiger partial charge in [-0.25, -0.2) is 4.79 Å². The molecule has 1 aliphatic rings. The van der Waals surface area contributed by atoms with Crippen LogP contribution in [-0.4, -0.2) is 23.3 Å². The highest BCUT2D eigenvalue weighted by atomic mass is 16.6. The maximum absolute atomic E-state index is 10.3. The molecule has 0 radical (unpaired) electrons. The standard InChI is InChI=1S/C8H14O3/c1-2-3-4-5-6-7(11-6)8(9)10/h6-7H,2-5H2,1H3,(H,9,10)/t6-,7-/m1/s1. The highest BCUT2D eigenvalue weighted by molar-refractivity contribution is 5.75. The largest absolute Gasteiger partial charge is 0.479 e. The molecule has 0 spiro atoms. The van der Waals surface area contributed by atoms with E-state index in [-0.39, 0.29) is 6.10 Å². The lowest BCUT2D eigenvalue weighted by molar-refractivity contribution is -0.138. The summed E-state index contributed by atoms with van der Waals surface area (Å²) in [5.41, 5.74) is 0. The quantitative estimate of drug-likeness (QED) is 0.486. The van der Waals surface area contributed by atoms with Crippen LogP contribution < -0.4 is 0 Å². The zero-order valence-corrected chi connectivity index (χ0v) is 6.75. The Morgan fingerprint density at radius 3 is 2.73 bits per heavy atom. The van der Waals surface area contributed by atoms with Gasteiger partial charge in [0.05, 0.1) is 6.10 Å². The summed E-state index contributed by atoms with van der Waals surface area (Å²) < 4.78 is 4.93. The molecule has 0 aliphatic carbocycles. The first-order valence-corrected chi connectivity index (χ1v) is 4.14. The molecule has 11 heavy (non-hydrogen) atoms. The first-order valence-electron chi connectivity index (χ1n) is 4.14. The molecule has 1 aliphatic heterocycles. The molecule has 0 amide bonds. The molecule has 0 saturated carbocycles. The van der Waals surface area contributed by atoms with Crippen molar-refractivity contribution < 1.29 is 14.6 Å². The van der Waals surface area contributed by atoms with Crippen LogP contribution in [0.15, 0.2) is 0 Å². The predicted octanol–water partition coefficient (Wildman–Crippen LogP) is 1.42. The molecule has 0 unspecified atom stereocenters. The molecule has 1 fully saturated rings. The Labute approximate surface area is 66.4 Å². The number of epoxide rings is 1. The molecule has 1 saturated heterocycles. The van der Waals surface area contributed by atoms with Crippen LogP contribution in [0.25, 0.3) is 0 Å². The number of hydrogen-bond acceptors (Lipinski definition) is 2. The van der Waals surface area contributed by atoms with Crippen LogP contribution in [0.1, 0.15) is 32.6 Å². The van der Waals surface area contributed by atoms with Crippen molar-refractivity contribution in [2.45, 2.75) is 44.8 Å². The van der Waals surface area contributed by atoms with Gasteiger partial charge in [0.25, 0.3) is 0 Å². The number of unbranched alkanes of at least 4 members (excludes halogenated alkanes) is 2. The van der Waals surface area contributed by atoms with E-state index in [1.165, 1.54) is 12.8 Å². The van der Waals surface area contributed by atoms with Gasteiger partial charge >= 0.3 is 5.97 Å². The third kappa shape index (κ3) is 2.50. The molecular weight excluding hydrogens is 144 g/mol. The molecule has 1 rings (SSSR count). The highest BCUT2D eigenvalue weighted by Crippen LogP contribution is 2.27. The lowest BCUT2D eigenvalue weighted by Crippen LogP contribution is -2.07. The fourth-order valence-corrected chi connectivity index (χ4v) is 1.18. The van der Waals surface area contributed by atoms with Gasteiger partial charge in [-0.05, 0) is 6.42 Å². The van der Waals surface area contributed by atoms with E-state index in [0.29, 0.717) is 0 Å². The van der Waals surface area contributed by atoms with Crippen molar-refractivity contribution in [2.24, 2.45) is 0 Å². The van der Waals surface area contributed by atoms with Gasteiger partial charge in [0.1, 0.15) is 0 Å². The molecule has 3 heteroatoms. The van der Waals surface area contributed by atoms with Crippen molar-refractivity contribution in [2.75, 3.05) is 0 Å². The first kappa shape index (κ1) is 8.53. The van der Waals surface area contributed by atoms with E-state index in [0.717, 1.165) is 12.8 Å². The van der Waals surface area contributed by atoms with E-state index in [9.17, 15) is 4.79 Å². The Kier molecular flexibility index (Phi) is 2.88. The van der Waals surface area contributed by atoms with Gasteiger partial charge in [-0.2, -0.15) is 0 Å². The van der Waals surface area contributed by atoms with Gasteiger partial charge in [-0.1, -0.05) is 26.2 Å². The third-order valence-electron chi connectivity index (χ3n) is 1.92. The van der Waals surface area contributed by atoms with Gasteiger partial charge in [-0.15, -0.1) is 0 Å². The Bertz CT molecular complexity index is 144. The van der Waals surface area contributed by atoms with E-state index in [2.05, 4.69) is 6.92 Å². The molecule has 3 nitrogen and oxygen atoms in total. The SMILES string of the molecule is CCCCC[C@H]1O[C@H]1C(=O)O. The van der Waals surface area contributed by atoms with Crippen molar-refractivity contribution in [3.63, 3.8) is 0 Å². The van der Waals surface area contributed by atoms with Crippen LogP contribution >= 0.6 is 0 Å². The summed E-state index contributed by atoms with van der Waals surface area (Å²) in [5, 5.41) is 8.46. The molecule has 2 atom stereocenters. The fourth-order valence-electron chi connectivity index (χ4n) is 1.18. The zero-order chi connectivity index (χ0) is 8.27. The zero-order valence-electron chi connectivity index (χ0n) is 6.75. The van der Waals surface area contributed by atoms with Crippen molar-refractivity contribution in [1.29, 1.82) is 0 Å². The average Bonchev–Trinajstić information content (AvgIpc) is 2.68. The van der Waals surface area contributed by atoms with Crippen molar-refractivity contribution in [3.05, 3.63) is 0 Å². The van der Waals surface area contributed by atoms with Gasteiger partial charge in [0.15, 0.2) is 6.10 Å². The second-order valence-electron chi connectivity index (χ2n) is 2.93. The molecule has 0 aromatic rings. The average molecular weight is 158 g/mol. The maximum atomic E-state index is 10.3. The lowest BCUT2D eigenvalue weighted by Gasteiger charge is -1.92.